The summed E-state index contributed by atoms with van der Waals surface area (Å²) in [5, 5.41) is 9.72. The van der Waals surface area contributed by atoms with Gasteiger partial charge in [0.25, 0.3) is 0 Å². The molecule has 0 aliphatic heterocycles. The first-order valence-corrected chi connectivity index (χ1v) is 10.2. The summed E-state index contributed by atoms with van der Waals surface area (Å²) < 4.78 is 7.74. The van der Waals surface area contributed by atoms with Gasteiger partial charge in [-0.25, -0.2) is 0 Å². The Morgan fingerprint density at radius 1 is 1.03 bits per heavy atom. The van der Waals surface area contributed by atoms with Crippen LogP contribution in [0.15, 0.2) is 78.1 Å². The number of rotatable bonds is 8. The molecule has 0 aliphatic carbocycles. The predicted octanol–water partition coefficient (Wildman–Crippen LogP) is 4.80. The number of nitrogens with zero attached hydrogens (tertiary/aromatic N) is 3. The number of benzene rings is 2. The van der Waals surface area contributed by atoms with Gasteiger partial charge in [0.15, 0.2) is 16.8 Å². The highest BCUT2D eigenvalue weighted by Crippen LogP contribution is 2.26. The zero-order valence-corrected chi connectivity index (χ0v) is 16.9. The summed E-state index contributed by atoms with van der Waals surface area (Å²) in [5.74, 6) is 1.44. The standard InChI is InChI=1S/C21H17ClN4O2S/c22-16-9-4-5-11-19(16)28-13-20-24-25-21(26(20)15-7-2-1-3-8-15)29-14-18(27)17-10-6-12-23-17/h1-12,23H,13-14H2. The van der Waals surface area contributed by atoms with Crippen LogP contribution in [0.4, 0.5) is 0 Å². The lowest BCUT2D eigenvalue weighted by atomic mass is 10.3. The van der Waals surface area contributed by atoms with Gasteiger partial charge in [0.1, 0.15) is 12.4 Å². The lowest BCUT2D eigenvalue weighted by molar-refractivity contribution is 0.101. The molecule has 1 N–H and O–H groups in total. The largest absolute Gasteiger partial charge is 0.484 e. The average molecular weight is 425 g/mol. The average Bonchev–Trinajstić information content (AvgIpc) is 3.42. The zero-order valence-electron chi connectivity index (χ0n) is 15.3. The highest BCUT2D eigenvalue weighted by Gasteiger charge is 2.17. The summed E-state index contributed by atoms with van der Waals surface area (Å²) in [4.78, 5) is 15.3. The molecule has 0 unspecified atom stereocenters. The molecule has 2 aromatic carbocycles. The molecule has 0 spiro atoms. The molecule has 0 saturated carbocycles. The molecule has 146 valence electrons. The van der Waals surface area contributed by atoms with Gasteiger partial charge in [-0.1, -0.05) is 53.7 Å². The van der Waals surface area contributed by atoms with Crippen molar-refractivity contribution < 1.29 is 9.53 Å². The molecule has 0 saturated heterocycles. The molecule has 0 fully saturated rings. The first-order chi connectivity index (χ1) is 14.2. The summed E-state index contributed by atoms with van der Waals surface area (Å²) in [5.41, 5.74) is 1.47. The lowest BCUT2D eigenvalue weighted by Crippen LogP contribution is -2.08. The molecule has 0 aliphatic rings. The minimum absolute atomic E-state index is 0.00326. The Morgan fingerprint density at radius 3 is 2.59 bits per heavy atom. The number of Topliss-reactive ketones (excluding diaryl/α,β-unsaturated/α-hetero) is 1. The second-order valence-electron chi connectivity index (χ2n) is 6.08. The number of aromatic nitrogens is 4. The van der Waals surface area contributed by atoms with Crippen molar-refractivity contribution in [1.29, 1.82) is 0 Å². The fourth-order valence-corrected chi connectivity index (χ4v) is 3.78. The second kappa shape index (κ2) is 8.98. The van der Waals surface area contributed by atoms with Gasteiger partial charge in [-0.3, -0.25) is 9.36 Å². The Morgan fingerprint density at radius 2 is 1.83 bits per heavy atom. The number of thioether (sulfide) groups is 1. The topological polar surface area (TPSA) is 72.8 Å². The Balaban J connectivity index is 1.57. The van der Waals surface area contributed by atoms with Gasteiger partial charge in [-0.05, 0) is 36.4 Å². The monoisotopic (exact) mass is 424 g/mol. The Labute approximate surface area is 176 Å². The number of carbonyl (C=O) groups is 1. The van der Waals surface area contributed by atoms with Crippen LogP contribution in [0.5, 0.6) is 5.75 Å². The van der Waals surface area contributed by atoms with Gasteiger partial charge in [0.05, 0.1) is 16.5 Å². The smallest absolute Gasteiger partial charge is 0.196 e. The number of hydrogen-bond acceptors (Lipinski definition) is 5. The Bertz CT molecular complexity index is 1100. The molecule has 2 heterocycles. The summed E-state index contributed by atoms with van der Waals surface area (Å²) in [6, 6.07) is 20.6. The number of para-hydroxylation sites is 2. The van der Waals surface area contributed by atoms with Crippen molar-refractivity contribution in [2.75, 3.05) is 5.75 Å². The van der Waals surface area contributed by atoms with E-state index in [0.29, 0.717) is 27.4 Å². The van der Waals surface area contributed by atoms with E-state index in [2.05, 4.69) is 15.2 Å². The molecule has 0 radical (unpaired) electrons. The van der Waals surface area contributed by atoms with Crippen LogP contribution in [0.1, 0.15) is 16.3 Å². The van der Waals surface area contributed by atoms with Crippen molar-refractivity contribution in [1.82, 2.24) is 19.7 Å². The number of halogens is 1. The van der Waals surface area contributed by atoms with Crippen LogP contribution in [0, 0.1) is 0 Å². The maximum atomic E-state index is 12.3. The van der Waals surface area contributed by atoms with E-state index in [1.807, 2.05) is 47.0 Å². The number of H-pyrrole nitrogens is 1. The van der Waals surface area contributed by atoms with E-state index in [1.54, 1.807) is 30.5 Å². The fourth-order valence-electron chi connectivity index (χ4n) is 2.74. The van der Waals surface area contributed by atoms with Crippen LogP contribution in [0.2, 0.25) is 5.02 Å². The Hall–Kier alpha value is -3.03. The van der Waals surface area contributed by atoms with Gasteiger partial charge < -0.3 is 9.72 Å². The van der Waals surface area contributed by atoms with E-state index >= 15 is 0 Å². The molecule has 2 aromatic heterocycles. The lowest BCUT2D eigenvalue weighted by Gasteiger charge is -2.11. The maximum absolute atomic E-state index is 12.3. The molecule has 29 heavy (non-hydrogen) atoms. The number of aromatic amines is 1. The van der Waals surface area contributed by atoms with E-state index in [0.717, 1.165) is 5.69 Å². The van der Waals surface area contributed by atoms with Crippen LogP contribution >= 0.6 is 23.4 Å². The van der Waals surface area contributed by atoms with Gasteiger partial charge in [-0.15, -0.1) is 10.2 Å². The highest BCUT2D eigenvalue weighted by atomic mass is 35.5. The van der Waals surface area contributed by atoms with Crippen molar-refractivity contribution in [2.45, 2.75) is 11.8 Å². The maximum Gasteiger partial charge on any atom is 0.196 e. The molecule has 8 heteroatoms. The van der Waals surface area contributed by atoms with E-state index in [9.17, 15) is 4.79 Å². The number of ketones is 1. The molecule has 0 bridgehead atoms. The third kappa shape index (κ3) is 4.52. The van der Waals surface area contributed by atoms with Gasteiger partial charge in [0, 0.05) is 11.9 Å². The number of carbonyl (C=O) groups excluding carboxylic acids is 1. The molecular formula is C21H17ClN4O2S. The quantitative estimate of drug-likeness (QED) is 0.325. The summed E-state index contributed by atoms with van der Waals surface area (Å²) in [6.45, 7) is 0.191. The number of nitrogens with one attached hydrogen (secondary N) is 1. The van der Waals surface area contributed by atoms with Gasteiger partial charge in [0.2, 0.25) is 0 Å². The second-order valence-corrected chi connectivity index (χ2v) is 7.43. The van der Waals surface area contributed by atoms with Crippen LogP contribution in [-0.4, -0.2) is 31.3 Å². The molecule has 6 nitrogen and oxygen atoms in total. The van der Waals surface area contributed by atoms with E-state index in [1.165, 1.54) is 11.8 Å². The van der Waals surface area contributed by atoms with Crippen molar-refractivity contribution in [3.8, 4) is 11.4 Å². The number of hydrogen-bond donors (Lipinski definition) is 1. The van der Waals surface area contributed by atoms with E-state index in [4.69, 9.17) is 16.3 Å². The van der Waals surface area contributed by atoms with Crippen LogP contribution < -0.4 is 4.74 Å². The van der Waals surface area contributed by atoms with Crippen molar-refractivity contribution in [2.24, 2.45) is 0 Å². The minimum Gasteiger partial charge on any atom is -0.484 e. The summed E-state index contributed by atoms with van der Waals surface area (Å²) >= 11 is 7.51. The minimum atomic E-state index is -0.00326. The van der Waals surface area contributed by atoms with Crippen molar-refractivity contribution in [3.05, 3.63) is 89.5 Å². The van der Waals surface area contributed by atoms with Crippen LogP contribution in [0.25, 0.3) is 5.69 Å². The third-order valence-electron chi connectivity index (χ3n) is 4.14. The van der Waals surface area contributed by atoms with Crippen molar-refractivity contribution >= 4 is 29.1 Å². The SMILES string of the molecule is O=C(CSc1nnc(COc2ccccc2Cl)n1-c1ccccc1)c1ccc[nH]1. The third-order valence-corrected chi connectivity index (χ3v) is 5.38. The van der Waals surface area contributed by atoms with E-state index in [-0.39, 0.29) is 18.1 Å². The first-order valence-electron chi connectivity index (χ1n) is 8.89. The molecule has 4 rings (SSSR count). The zero-order chi connectivity index (χ0) is 20.1. The normalized spacial score (nSPS) is 10.8. The van der Waals surface area contributed by atoms with Gasteiger partial charge in [-0.2, -0.15) is 0 Å². The summed E-state index contributed by atoms with van der Waals surface area (Å²) in [7, 11) is 0. The molecule has 0 atom stereocenters. The van der Waals surface area contributed by atoms with Crippen LogP contribution in [0.3, 0.4) is 0 Å². The summed E-state index contributed by atoms with van der Waals surface area (Å²) in [6.07, 6.45) is 1.73. The fraction of sp³-hybridized carbons (Fsp3) is 0.0952. The Kier molecular flexibility index (Phi) is 5.97. The highest BCUT2D eigenvalue weighted by molar-refractivity contribution is 7.99. The molecule has 0 amide bonds. The first kappa shape index (κ1) is 19.3. The van der Waals surface area contributed by atoms with E-state index < -0.39 is 0 Å². The molecule has 4 aromatic rings. The molecular weight excluding hydrogens is 408 g/mol. The van der Waals surface area contributed by atoms with Crippen LogP contribution in [-0.2, 0) is 6.61 Å². The number of ether oxygens (including phenoxy) is 1. The van der Waals surface area contributed by atoms with Crippen molar-refractivity contribution in [3.63, 3.8) is 0 Å². The van der Waals surface area contributed by atoms with Gasteiger partial charge >= 0.3 is 0 Å². The predicted molar refractivity (Wildman–Crippen MR) is 113 cm³/mol.